The third kappa shape index (κ3) is 6.36. The van der Waals surface area contributed by atoms with Crippen LogP contribution in [0.1, 0.15) is 22.3 Å². The minimum absolute atomic E-state index is 0.123. The van der Waals surface area contributed by atoms with Crippen molar-refractivity contribution in [2.24, 2.45) is 0 Å². The molecule has 3 aromatic heterocycles. The van der Waals surface area contributed by atoms with Gasteiger partial charge in [0.25, 0.3) is 0 Å². The van der Waals surface area contributed by atoms with E-state index in [4.69, 9.17) is 11.6 Å². The van der Waals surface area contributed by atoms with Gasteiger partial charge in [-0.15, -0.1) is 0 Å². The standard InChI is InChI=1S/C52H32F6N4/c1-30-12-20-37(31(2)24-30)33-15-22-47-42(25-33)39-8-4-6-10-45(39)61(47)49-29-60-50(28-41(49)32-13-18-36(59-3)19-14-32)62-46-11-7-5-9-40(46)43-26-34(16-23-48(43)62)38-21-17-35(51(53,54)55)27-44(38)52(56,57)58/h4-29H,1-2H3. The van der Waals surface area contributed by atoms with Crippen LogP contribution in [0.3, 0.4) is 0 Å². The van der Waals surface area contributed by atoms with Gasteiger partial charge in [-0.3, -0.25) is 4.57 Å². The van der Waals surface area contributed by atoms with Gasteiger partial charge in [0.15, 0.2) is 5.69 Å². The molecular weight excluding hydrogens is 795 g/mol. The molecule has 0 spiro atoms. The number of benzene rings is 7. The second-order valence-corrected chi connectivity index (χ2v) is 15.5. The number of aromatic nitrogens is 3. The van der Waals surface area contributed by atoms with Crippen molar-refractivity contribution >= 4 is 49.3 Å². The number of hydrogen-bond acceptors (Lipinski definition) is 1. The summed E-state index contributed by atoms with van der Waals surface area (Å²) in [5.74, 6) is 0.528. The predicted octanol–water partition coefficient (Wildman–Crippen LogP) is 15.5. The highest BCUT2D eigenvalue weighted by Crippen LogP contribution is 2.44. The van der Waals surface area contributed by atoms with Gasteiger partial charge >= 0.3 is 12.4 Å². The minimum atomic E-state index is -5.03. The summed E-state index contributed by atoms with van der Waals surface area (Å²) in [4.78, 5) is 8.70. The molecule has 4 nitrogen and oxygen atoms in total. The third-order valence-corrected chi connectivity index (χ3v) is 11.6. The molecule has 10 rings (SSSR count). The number of nitrogens with zero attached hydrogens (tertiary/aromatic N) is 4. The summed E-state index contributed by atoms with van der Waals surface area (Å²) in [7, 11) is 0. The Kier molecular flexibility index (Phi) is 8.85. The highest BCUT2D eigenvalue weighted by atomic mass is 19.4. The number of aryl methyl sites for hydroxylation is 2. The van der Waals surface area contributed by atoms with Crippen LogP contribution in [-0.4, -0.2) is 14.1 Å². The maximum atomic E-state index is 14.3. The third-order valence-electron chi connectivity index (χ3n) is 11.6. The first-order valence-corrected chi connectivity index (χ1v) is 19.7. The number of alkyl halides is 6. The van der Waals surface area contributed by atoms with Crippen LogP contribution in [0.2, 0.25) is 0 Å². The second kappa shape index (κ2) is 14.2. The fourth-order valence-corrected chi connectivity index (χ4v) is 8.82. The van der Waals surface area contributed by atoms with Gasteiger partial charge in [0.1, 0.15) is 5.82 Å². The smallest absolute Gasteiger partial charge is 0.307 e. The zero-order chi connectivity index (χ0) is 43.1. The average Bonchev–Trinajstić information content (AvgIpc) is 3.77. The van der Waals surface area contributed by atoms with E-state index in [2.05, 4.69) is 71.8 Å². The molecule has 0 saturated heterocycles. The van der Waals surface area contributed by atoms with Gasteiger partial charge < -0.3 is 4.57 Å². The van der Waals surface area contributed by atoms with Gasteiger partial charge in [-0.25, -0.2) is 9.83 Å². The van der Waals surface area contributed by atoms with Crippen LogP contribution in [0.15, 0.2) is 158 Å². The van der Waals surface area contributed by atoms with Gasteiger partial charge in [0, 0.05) is 27.1 Å². The molecule has 10 aromatic rings. The highest BCUT2D eigenvalue weighted by Gasteiger charge is 2.38. The molecule has 10 heteroatoms. The topological polar surface area (TPSA) is 27.1 Å². The molecule has 0 fully saturated rings. The SMILES string of the molecule is [C-]#[N+]c1ccc(-c2cc(-n3c4ccccc4c4cc(-c5ccc(C(F)(F)F)cc5C(F)(F)F)ccc43)ncc2-n2c3ccccc3c3cc(-c4ccc(C)cc4C)ccc32)cc1. The largest absolute Gasteiger partial charge is 0.417 e. The predicted molar refractivity (Wildman–Crippen MR) is 235 cm³/mol. The van der Waals surface area contributed by atoms with Crippen molar-refractivity contribution < 1.29 is 26.3 Å². The number of pyridine rings is 1. The van der Waals surface area contributed by atoms with Gasteiger partial charge in [0.2, 0.25) is 0 Å². The van der Waals surface area contributed by atoms with Gasteiger partial charge in [-0.05, 0) is 102 Å². The lowest BCUT2D eigenvalue weighted by molar-refractivity contribution is -0.142. The van der Waals surface area contributed by atoms with Crippen LogP contribution in [0.5, 0.6) is 0 Å². The molecule has 7 aromatic carbocycles. The number of hydrogen-bond donors (Lipinski definition) is 0. The molecule has 0 N–H and O–H groups in total. The fraction of sp³-hybridized carbons (Fsp3) is 0.0769. The first-order chi connectivity index (χ1) is 29.8. The molecule has 0 saturated carbocycles. The summed E-state index contributed by atoms with van der Waals surface area (Å²) >= 11 is 0. The summed E-state index contributed by atoms with van der Waals surface area (Å²) in [6.45, 7) is 11.8. The summed E-state index contributed by atoms with van der Waals surface area (Å²) in [5, 5.41) is 3.45. The lowest BCUT2D eigenvalue weighted by Crippen LogP contribution is -2.12. The van der Waals surface area contributed by atoms with E-state index in [9.17, 15) is 26.3 Å². The lowest BCUT2D eigenvalue weighted by Gasteiger charge is -2.17. The van der Waals surface area contributed by atoms with E-state index in [0.717, 1.165) is 66.7 Å². The van der Waals surface area contributed by atoms with Crippen LogP contribution in [0, 0.1) is 20.4 Å². The number of para-hydroxylation sites is 2. The van der Waals surface area contributed by atoms with E-state index in [0.29, 0.717) is 28.5 Å². The molecule has 0 bridgehead atoms. The normalized spacial score (nSPS) is 12.2. The molecule has 0 aliphatic carbocycles. The fourth-order valence-electron chi connectivity index (χ4n) is 8.82. The number of halogens is 6. The maximum absolute atomic E-state index is 14.3. The molecule has 302 valence electrons. The Balaban J connectivity index is 1.19. The van der Waals surface area contributed by atoms with Gasteiger partial charge in [-0.2, -0.15) is 26.3 Å². The summed E-state index contributed by atoms with van der Waals surface area (Å²) in [5.41, 5.74) is 7.90. The molecule has 0 aliphatic heterocycles. The van der Waals surface area contributed by atoms with Crippen molar-refractivity contribution in [3.8, 4) is 44.9 Å². The molecule has 0 unspecified atom stereocenters. The molecule has 0 atom stereocenters. The molecular formula is C52H32F6N4. The van der Waals surface area contributed by atoms with Crippen molar-refractivity contribution in [1.29, 1.82) is 0 Å². The van der Waals surface area contributed by atoms with Crippen LogP contribution in [0.4, 0.5) is 32.0 Å². The summed E-state index contributed by atoms with van der Waals surface area (Å²) in [6, 6.07) is 44.4. The average molecular weight is 827 g/mol. The van der Waals surface area contributed by atoms with E-state index in [1.54, 1.807) is 24.3 Å². The highest BCUT2D eigenvalue weighted by molar-refractivity contribution is 6.12. The minimum Gasteiger partial charge on any atom is -0.307 e. The maximum Gasteiger partial charge on any atom is 0.417 e. The van der Waals surface area contributed by atoms with Crippen molar-refractivity contribution in [1.82, 2.24) is 14.1 Å². The van der Waals surface area contributed by atoms with Crippen LogP contribution in [0.25, 0.3) is 93.3 Å². The van der Waals surface area contributed by atoms with Crippen molar-refractivity contribution in [2.75, 3.05) is 0 Å². The number of fused-ring (bicyclic) bond motifs is 6. The first-order valence-electron chi connectivity index (χ1n) is 19.7. The summed E-state index contributed by atoms with van der Waals surface area (Å²) < 4.78 is 87.8. The Bertz CT molecular complexity index is 3470. The van der Waals surface area contributed by atoms with Crippen LogP contribution >= 0.6 is 0 Å². The molecule has 0 amide bonds. The van der Waals surface area contributed by atoms with Crippen molar-refractivity contribution in [3.63, 3.8) is 0 Å². The monoisotopic (exact) mass is 826 g/mol. The quantitative estimate of drug-likeness (QED) is 0.125. The Morgan fingerprint density at radius 2 is 1.06 bits per heavy atom. The van der Waals surface area contributed by atoms with E-state index in [1.165, 1.54) is 17.2 Å². The Labute approximate surface area is 351 Å². The van der Waals surface area contributed by atoms with Gasteiger partial charge in [-0.1, -0.05) is 103 Å². The van der Waals surface area contributed by atoms with Crippen LogP contribution in [-0.2, 0) is 12.4 Å². The second-order valence-electron chi connectivity index (χ2n) is 15.5. The molecule has 3 heterocycles. The van der Waals surface area contributed by atoms with E-state index < -0.39 is 23.5 Å². The van der Waals surface area contributed by atoms with Crippen LogP contribution < -0.4 is 0 Å². The first kappa shape index (κ1) is 38.6. The van der Waals surface area contributed by atoms with E-state index in [-0.39, 0.29) is 17.2 Å². The Morgan fingerprint density at radius 3 is 1.68 bits per heavy atom. The molecule has 0 aliphatic rings. The molecule has 0 radical (unpaired) electrons. The zero-order valence-corrected chi connectivity index (χ0v) is 33.1. The zero-order valence-electron chi connectivity index (χ0n) is 33.1. The van der Waals surface area contributed by atoms with Gasteiger partial charge in [0.05, 0.1) is 51.7 Å². The van der Waals surface area contributed by atoms with Crippen molar-refractivity contribution in [2.45, 2.75) is 26.2 Å². The Hall–Kier alpha value is -7.64. The lowest BCUT2D eigenvalue weighted by atomic mass is 9.95. The summed E-state index contributed by atoms with van der Waals surface area (Å²) in [6.07, 6.45) is -8.15. The van der Waals surface area contributed by atoms with E-state index >= 15 is 0 Å². The molecule has 62 heavy (non-hydrogen) atoms. The van der Waals surface area contributed by atoms with Crippen molar-refractivity contribution in [3.05, 3.63) is 192 Å². The number of rotatable bonds is 5. The Morgan fingerprint density at radius 1 is 0.500 bits per heavy atom. The van der Waals surface area contributed by atoms with E-state index in [1.807, 2.05) is 65.4 Å².